The van der Waals surface area contributed by atoms with Gasteiger partial charge in [-0.15, -0.1) is 18.3 Å². The van der Waals surface area contributed by atoms with Gasteiger partial charge in [-0.2, -0.15) is 0 Å². The van der Waals surface area contributed by atoms with Gasteiger partial charge in [-0.3, -0.25) is 0 Å². The number of anilines is 2. The van der Waals surface area contributed by atoms with Crippen molar-refractivity contribution >= 4 is 17.5 Å². The first kappa shape index (κ1) is 20.0. The van der Waals surface area contributed by atoms with Crippen molar-refractivity contribution in [1.82, 2.24) is 15.0 Å². The van der Waals surface area contributed by atoms with Gasteiger partial charge in [-0.25, -0.2) is 9.48 Å². The van der Waals surface area contributed by atoms with Crippen LogP contribution in [-0.4, -0.2) is 39.5 Å². The number of rotatable bonds is 7. The third kappa shape index (κ3) is 5.15. The molecule has 3 aromatic rings. The van der Waals surface area contributed by atoms with E-state index in [-0.39, 0.29) is 18.1 Å². The monoisotopic (exact) mass is 408 g/mol. The van der Waals surface area contributed by atoms with Gasteiger partial charge in [0, 0.05) is 5.69 Å². The Bertz CT molecular complexity index is 986. The number of carboxylic acid groups (broad SMARTS) is 1. The molecule has 0 bridgehead atoms. The molecule has 2 N–H and O–H groups in total. The fraction of sp³-hybridized carbons (Fsp3) is 0.167. The zero-order valence-corrected chi connectivity index (χ0v) is 15.0. The summed E-state index contributed by atoms with van der Waals surface area (Å²) in [6.07, 6.45) is -4.80. The molecule has 8 nitrogen and oxygen atoms in total. The highest BCUT2D eigenvalue weighted by molar-refractivity contribution is 5.91. The minimum Gasteiger partial charge on any atom is -0.497 e. The Kier molecular flexibility index (Phi) is 5.57. The van der Waals surface area contributed by atoms with Gasteiger partial charge in [-0.1, -0.05) is 17.3 Å². The Morgan fingerprint density at radius 3 is 2.28 bits per heavy atom. The molecule has 152 valence electrons. The van der Waals surface area contributed by atoms with Gasteiger partial charge in [0.25, 0.3) is 0 Å². The maximum Gasteiger partial charge on any atom is 0.573 e. The second kappa shape index (κ2) is 8.09. The average molecular weight is 408 g/mol. The lowest BCUT2D eigenvalue weighted by Gasteiger charge is -2.12. The molecule has 0 unspecified atom stereocenters. The quantitative estimate of drug-likeness (QED) is 0.615. The Hall–Kier alpha value is -3.76. The second-order valence-corrected chi connectivity index (χ2v) is 5.79. The van der Waals surface area contributed by atoms with E-state index in [1.807, 2.05) is 0 Å². The van der Waals surface area contributed by atoms with Crippen LogP contribution in [0.1, 0.15) is 16.1 Å². The molecule has 0 atom stereocenters. The van der Waals surface area contributed by atoms with Crippen molar-refractivity contribution in [2.45, 2.75) is 12.9 Å². The number of nitrogens with one attached hydrogen (secondary N) is 1. The number of nitrogens with zero attached hydrogens (tertiary/aromatic N) is 3. The van der Waals surface area contributed by atoms with Crippen molar-refractivity contribution in [1.29, 1.82) is 0 Å². The lowest BCUT2D eigenvalue weighted by atomic mass is 10.2. The van der Waals surface area contributed by atoms with Crippen molar-refractivity contribution in [2.24, 2.45) is 0 Å². The summed E-state index contributed by atoms with van der Waals surface area (Å²) < 4.78 is 47.0. The van der Waals surface area contributed by atoms with Crippen LogP contribution in [0.3, 0.4) is 0 Å². The minimum atomic E-state index is -4.80. The van der Waals surface area contributed by atoms with E-state index in [2.05, 4.69) is 20.4 Å². The normalized spacial score (nSPS) is 11.2. The van der Waals surface area contributed by atoms with Gasteiger partial charge in [0.15, 0.2) is 5.82 Å². The smallest absolute Gasteiger partial charge is 0.497 e. The molecule has 0 aliphatic rings. The molecule has 0 saturated carbocycles. The van der Waals surface area contributed by atoms with Gasteiger partial charge < -0.3 is 19.9 Å². The van der Waals surface area contributed by atoms with Crippen LogP contribution in [0.4, 0.5) is 24.7 Å². The van der Waals surface area contributed by atoms with E-state index >= 15 is 0 Å². The SMILES string of the molecule is COc1ccc(Cn2nnc(C(=O)O)c2Nc2ccc(OC(F)(F)F)cc2)cc1. The third-order valence-corrected chi connectivity index (χ3v) is 3.78. The molecule has 0 fully saturated rings. The lowest BCUT2D eigenvalue weighted by molar-refractivity contribution is -0.274. The zero-order valence-electron chi connectivity index (χ0n) is 15.0. The van der Waals surface area contributed by atoms with Crippen LogP contribution < -0.4 is 14.8 Å². The molecule has 0 spiro atoms. The van der Waals surface area contributed by atoms with Crippen LogP contribution in [0.15, 0.2) is 48.5 Å². The van der Waals surface area contributed by atoms with E-state index in [1.54, 1.807) is 31.4 Å². The van der Waals surface area contributed by atoms with Gasteiger partial charge in [-0.05, 0) is 42.0 Å². The van der Waals surface area contributed by atoms with Crippen LogP contribution in [0.2, 0.25) is 0 Å². The summed E-state index contributed by atoms with van der Waals surface area (Å²) in [4.78, 5) is 11.5. The maximum atomic E-state index is 12.3. The van der Waals surface area contributed by atoms with E-state index < -0.39 is 18.1 Å². The number of halogens is 3. The van der Waals surface area contributed by atoms with E-state index in [4.69, 9.17) is 4.74 Å². The number of carboxylic acids is 1. The molecule has 0 saturated heterocycles. The van der Waals surface area contributed by atoms with Crippen LogP contribution >= 0.6 is 0 Å². The molecule has 11 heteroatoms. The topological polar surface area (TPSA) is 98.5 Å². The van der Waals surface area contributed by atoms with Crippen LogP contribution in [-0.2, 0) is 6.54 Å². The molecule has 2 aromatic carbocycles. The number of aromatic carboxylic acids is 1. The molecule has 1 aromatic heterocycles. The summed E-state index contributed by atoms with van der Waals surface area (Å²) in [5.74, 6) is -0.951. The van der Waals surface area contributed by atoms with Crippen molar-refractivity contribution in [2.75, 3.05) is 12.4 Å². The Morgan fingerprint density at radius 2 is 1.72 bits per heavy atom. The van der Waals surface area contributed by atoms with E-state index in [0.717, 1.165) is 17.7 Å². The highest BCUT2D eigenvalue weighted by atomic mass is 19.4. The molecular weight excluding hydrogens is 393 g/mol. The lowest BCUT2D eigenvalue weighted by Crippen LogP contribution is -2.17. The summed E-state index contributed by atoms with van der Waals surface area (Å²) in [6, 6.07) is 11.9. The Labute approximate surface area is 162 Å². The molecule has 3 rings (SSSR count). The predicted octanol–water partition coefficient (Wildman–Crippen LogP) is 3.68. The highest BCUT2D eigenvalue weighted by Crippen LogP contribution is 2.26. The van der Waals surface area contributed by atoms with Crippen molar-refractivity contribution in [3.63, 3.8) is 0 Å². The van der Waals surface area contributed by atoms with E-state index in [9.17, 15) is 23.1 Å². The van der Waals surface area contributed by atoms with Gasteiger partial charge >= 0.3 is 12.3 Å². The summed E-state index contributed by atoms with van der Waals surface area (Å²) in [5.41, 5.74) is 0.819. The minimum absolute atomic E-state index is 0.0813. The molecule has 1 heterocycles. The Morgan fingerprint density at radius 1 is 1.10 bits per heavy atom. The zero-order chi connectivity index (χ0) is 21.0. The van der Waals surface area contributed by atoms with E-state index in [1.165, 1.54) is 16.8 Å². The van der Waals surface area contributed by atoms with Crippen LogP contribution in [0.5, 0.6) is 11.5 Å². The number of aromatic nitrogens is 3. The van der Waals surface area contributed by atoms with Crippen molar-refractivity contribution < 1.29 is 32.5 Å². The summed E-state index contributed by atoms with van der Waals surface area (Å²) in [5, 5.41) is 19.7. The second-order valence-electron chi connectivity index (χ2n) is 5.79. The third-order valence-electron chi connectivity index (χ3n) is 3.78. The fourth-order valence-corrected chi connectivity index (χ4v) is 2.47. The number of methoxy groups -OCH3 is 1. The first-order valence-electron chi connectivity index (χ1n) is 8.18. The molecule has 0 aliphatic heterocycles. The standard InChI is InChI=1S/C18H15F3N4O4/c1-28-13-6-2-11(3-7-13)10-25-16(15(17(26)27)23-24-25)22-12-4-8-14(9-5-12)29-18(19,20)21/h2-9,22H,10H2,1H3,(H,26,27). The number of benzene rings is 2. The molecule has 0 amide bonds. The number of hydrogen-bond acceptors (Lipinski definition) is 6. The summed E-state index contributed by atoms with van der Waals surface area (Å²) in [7, 11) is 1.54. The number of hydrogen-bond donors (Lipinski definition) is 2. The summed E-state index contributed by atoms with van der Waals surface area (Å²) in [6.45, 7) is 0.210. The van der Waals surface area contributed by atoms with Crippen molar-refractivity contribution in [3.8, 4) is 11.5 Å². The largest absolute Gasteiger partial charge is 0.573 e. The van der Waals surface area contributed by atoms with Gasteiger partial charge in [0.2, 0.25) is 5.69 Å². The van der Waals surface area contributed by atoms with Gasteiger partial charge in [0.05, 0.1) is 13.7 Å². The average Bonchev–Trinajstić information content (AvgIpc) is 3.05. The van der Waals surface area contributed by atoms with Gasteiger partial charge in [0.1, 0.15) is 11.5 Å². The molecule has 0 aliphatic carbocycles. The Balaban J connectivity index is 1.83. The highest BCUT2D eigenvalue weighted by Gasteiger charge is 2.31. The summed E-state index contributed by atoms with van der Waals surface area (Å²) >= 11 is 0. The first-order valence-corrected chi connectivity index (χ1v) is 8.18. The van der Waals surface area contributed by atoms with E-state index in [0.29, 0.717) is 11.4 Å². The van der Waals surface area contributed by atoms with Crippen LogP contribution in [0.25, 0.3) is 0 Å². The molecular formula is C18H15F3N4O4. The maximum absolute atomic E-state index is 12.3. The number of alkyl halides is 3. The number of carbonyl (C=O) groups is 1. The first-order chi connectivity index (χ1) is 13.7. The fourth-order valence-electron chi connectivity index (χ4n) is 2.47. The van der Waals surface area contributed by atoms with Crippen molar-refractivity contribution in [3.05, 3.63) is 59.8 Å². The van der Waals surface area contributed by atoms with Crippen LogP contribution in [0, 0.1) is 0 Å². The molecule has 29 heavy (non-hydrogen) atoms. The molecule has 0 radical (unpaired) electrons. The predicted molar refractivity (Wildman–Crippen MR) is 95.5 cm³/mol. The number of ether oxygens (including phenoxy) is 2.